The number of hydrogen-bond donors (Lipinski definition) is 2. The number of aryl methyl sites for hydroxylation is 1. The van der Waals surface area contributed by atoms with Gasteiger partial charge in [-0.2, -0.15) is 0 Å². The molecule has 0 saturated heterocycles. The van der Waals surface area contributed by atoms with Crippen LogP contribution >= 0.6 is 0 Å². The highest BCUT2D eigenvalue weighted by atomic mass is 16.5. The van der Waals surface area contributed by atoms with Crippen molar-refractivity contribution in [3.63, 3.8) is 0 Å². The molecule has 3 aromatic carbocycles. The van der Waals surface area contributed by atoms with Crippen LogP contribution in [0, 0.1) is 6.92 Å². The Morgan fingerprint density at radius 2 is 1.42 bits per heavy atom. The number of ether oxygens (including phenoxy) is 2. The van der Waals surface area contributed by atoms with Crippen molar-refractivity contribution >= 4 is 11.8 Å². The molecule has 0 radical (unpaired) electrons. The Morgan fingerprint density at radius 1 is 0.806 bits per heavy atom. The number of hydrazine groups is 1. The van der Waals surface area contributed by atoms with Crippen LogP contribution in [-0.4, -0.2) is 24.5 Å². The highest BCUT2D eigenvalue weighted by Crippen LogP contribution is 2.22. The highest BCUT2D eigenvalue weighted by Gasteiger charge is 2.19. The molecule has 2 amide bonds. The third-order valence-electron chi connectivity index (χ3n) is 4.62. The summed E-state index contributed by atoms with van der Waals surface area (Å²) in [5.41, 5.74) is 8.01. The van der Waals surface area contributed by atoms with E-state index in [2.05, 4.69) is 10.9 Å². The van der Waals surface area contributed by atoms with Crippen molar-refractivity contribution in [3.05, 3.63) is 84.4 Å². The van der Waals surface area contributed by atoms with Crippen LogP contribution < -0.4 is 20.3 Å². The van der Waals surface area contributed by atoms with Crippen molar-refractivity contribution in [3.8, 4) is 22.6 Å². The van der Waals surface area contributed by atoms with Gasteiger partial charge in [0.1, 0.15) is 11.5 Å². The first-order chi connectivity index (χ1) is 15.0. The van der Waals surface area contributed by atoms with Crippen molar-refractivity contribution in [2.24, 2.45) is 0 Å². The molecule has 0 heterocycles. The van der Waals surface area contributed by atoms with E-state index in [-0.39, 0.29) is 6.61 Å². The number of hydrogen-bond acceptors (Lipinski definition) is 4. The van der Waals surface area contributed by atoms with Gasteiger partial charge in [-0.15, -0.1) is 0 Å². The van der Waals surface area contributed by atoms with E-state index in [0.717, 1.165) is 16.7 Å². The van der Waals surface area contributed by atoms with Crippen LogP contribution in [0.2, 0.25) is 0 Å². The van der Waals surface area contributed by atoms with E-state index < -0.39 is 17.9 Å². The van der Waals surface area contributed by atoms with Crippen LogP contribution in [0.3, 0.4) is 0 Å². The average Bonchev–Trinajstić information content (AvgIpc) is 2.81. The van der Waals surface area contributed by atoms with Gasteiger partial charge in [0.05, 0.1) is 0 Å². The Balaban J connectivity index is 1.43. The lowest BCUT2D eigenvalue weighted by Gasteiger charge is -2.17. The molecule has 0 aliphatic heterocycles. The van der Waals surface area contributed by atoms with Crippen molar-refractivity contribution in [1.82, 2.24) is 10.9 Å². The number of rotatable bonds is 8. The summed E-state index contributed by atoms with van der Waals surface area (Å²) in [5.74, 6) is 0.269. The SMILES string of the molecule is CCC(Oc1ccc(C)cc1)C(=O)NNC(=O)COc1ccc(-c2ccccc2)cc1. The van der Waals surface area contributed by atoms with Gasteiger partial charge < -0.3 is 9.47 Å². The molecule has 160 valence electrons. The van der Waals surface area contributed by atoms with Gasteiger partial charge >= 0.3 is 0 Å². The summed E-state index contributed by atoms with van der Waals surface area (Å²) in [4.78, 5) is 24.3. The highest BCUT2D eigenvalue weighted by molar-refractivity contribution is 5.85. The lowest BCUT2D eigenvalue weighted by atomic mass is 10.1. The van der Waals surface area contributed by atoms with Gasteiger partial charge in [-0.05, 0) is 48.7 Å². The van der Waals surface area contributed by atoms with Crippen LogP contribution in [0.15, 0.2) is 78.9 Å². The molecule has 0 saturated carbocycles. The standard InChI is InChI=1S/C25H26N2O4/c1-3-23(31-22-13-9-18(2)10-14-22)25(29)27-26-24(28)17-30-21-15-11-20(12-16-21)19-7-5-4-6-8-19/h4-16,23H,3,17H2,1-2H3,(H,26,28)(H,27,29). The van der Waals surface area contributed by atoms with E-state index in [0.29, 0.717) is 17.9 Å². The van der Waals surface area contributed by atoms with E-state index in [9.17, 15) is 9.59 Å². The molecule has 1 unspecified atom stereocenters. The summed E-state index contributed by atoms with van der Waals surface area (Å²) < 4.78 is 11.2. The van der Waals surface area contributed by atoms with E-state index >= 15 is 0 Å². The van der Waals surface area contributed by atoms with Crippen LogP contribution in [0.5, 0.6) is 11.5 Å². The van der Waals surface area contributed by atoms with E-state index in [1.165, 1.54) is 0 Å². The summed E-state index contributed by atoms with van der Waals surface area (Å²) in [7, 11) is 0. The van der Waals surface area contributed by atoms with Gasteiger partial charge in [0.25, 0.3) is 11.8 Å². The van der Waals surface area contributed by atoms with Crippen molar-refractivity contribution in [2.45, 2.75) is 26.4 Å². The average molecular weight is 418 g/mol. The third-order valence-corrected chi connectivity index (χ3v) is 4.62. The zero-order valence-corrected chi connectivity index (χ0v) is 17.6. The lowest BCUT2D eigenvalue weighted by molar-refractivity contribution is -0.134. The van der Waals surface area contributed by atoms with Crippen LogP contribution in [-0.2, 0) is 9.59 Å². The number of amides is 2. The molecule has 6 nitrogen and oxygen atoms in total. The Bertz CT molecular complexity index is 986. The first kappa shape index (κ1) is 21.9. The molecule has 1 atom stereocenters. The largest absolute Gasteiger partial charge is 0.484 e. The number of nitrogens with one attached hydrogen (secondary N) is 2. The molecule has 0 fully saturated rings. The smallest absolute Gasteiger partial charge is 0.279 e. The Hall–Kier alpha value is -3.80. The zero-order chi connectivity index (χ0) is 22.1. The summed E-state index contributed by atoms with van der Waals surface area (Å²) in [6, 6.07) is 24.9. The molecular weight excluding hydrogens is 392 g/mol. The number of benzene rings is 3. The monoisotopic (exact) mass is 418 g/mol. The number of carbonyl (C=O) groups excluding carboxylic acids is 2. The number of carbonyl (C=O) groups is 2. The Labute approximate surface area is 182 Å². The zero-order valence-electron chi connectivity index (χ0n) is 17.6. The third kappa shape index (κ3) is 6.60. The maximum Gasteiger partial charge on any atom is 0.279 e. The summed E-state index contributed by atoms with van der Waals surface area (Å²) in [5, 5.41) is 0. The molecule has 0 aliphatic rings. The fourth-order valence-corrected chi connectivity index (χ4v) is 2.87. The molecule has 0 aromatic heterocycles. The Morgan fingerprint density at radius 3 is 2.06 bits per heavy atom. The van der Waals surface area contributed by atoms with Crippen LogP contribution in [0.4, 0.5) is 0 Å². The van der Waals surface area contributed by atoms with Gasteiger partial charge in [0, 0.05) is 0 Å². The second-order valence-corrected chi connectivity index (χ2v) is 7.04. The summed E-state index contributed by atoms with van der Waals surface area (Å²) >= 11 is 0. The molecule has 31 heavy (non-hydrogen) atoms. The maximum atomic E-state index is 12.3. The van der Waals surface area contributed by atoms with Crippen molar-refractivity contribution in [1.29, 1.82) is 0 Å². The fourth-order valence-electron chi connectivity index (χ4n) is 2.87. The van der Waals surface area contributed by atoms with Crippen molar-refractivity contribution in [2.75, 3.05) is 6.61 Å². The van der Waals surface area contributed by atoms with E-state index in [1.54, 1.807) is 24.3 Å². The molecule has 0 aliphatic carbocycles. The minimum atomic E-state index is -0.713. The molecule has 0 spiro atoms. The molecule has 3 rings (SSSR count). The minimum Gasteiger partial charge on any atom is -0.484 e. The summed E-state index contributed by atoms with van der Waals surface area (Å²) in [6.45, 7) is 3.59. The van der Waals surface area contributed by atoms with Gasteiger partial charge in [-0.1, -0.05) is 67.1 Å². The molecule has 3 aromatic rings. The van der Waals surface area contributed by atoms with Crippen molar-refractivity contribution < 1.29 is 19.1 Å². The normalized spacial score (nSPS) is 11.3. The van der Waals surface area contributed by atoms with E-state index in [4.69, 9.17) is 9.47 Å². The first-order valence-electron chi connectivity index (χ1n) is 10.2. The van der Waals surface area contributed by atoms with Gasteiger partial charge in [-0.25, -0.2) is 0 Å². The second kappa shape index (κ2) is 10.8. The molecular formula is C25H26N2O4. The molecule has 6 heteroatoms. The van der Waals surface area contributed by atoms with Gasteiger partial charge in [0.15, 0.2) is 12.7 Å². The summed E-state index contributed by atoms with van der Waals surface area (Å²) in [6.07, 6.45) is -0.255. The predicted octanol–water partition coefficient (Wildman–Crippen LogP) is 4.05. The van der Waals surface area contributed by atoms with Crippen LogP contribution in [0.1, 0.15) is 18.9 Å². The predicted molar refractivity (Wildman–Crippen MR) is 120 cm³/mol. The van der Waals surface area contributed by atoms with Crippen LogP contribution in [0.25, 0.3) is 11.1 Å². The molecule has 2 N–H and O–H groups in total. The first-order valence-corrected chi connectivity index (χ1v) is 10.2. The second-order valence-electron chi connectivity index (χ2n) is 7.04. The van der Waals surface area contributed by atoms with Gasteiger partial charge in [-0.3, -0.25) is 20.4 Å². The van der Waals surface area contributed by atoms with Gasteiger partial charge in [0.2, 0.25) is 0 Å². The fraction of sp³-hybridized carbons (Fsp3) is 0.200. The molecule has 0 bridgehead atoms. The topological polar surface area (TPSA) is 76.7 Å². The lowest BCUT2D eigenvalue weighted by Crippen LogP contribution is -2.49. The maximum absolute atomic E-state index is 12.3. The quantitative estimate of drug-likeness (QED) is 0.541. The minimum absolute atomic E-state index is 0.222. The van der Waals surface area contributed by atoms with E-state index in [1.807, 2.05) is 68.4 Å². The Kier molecular flexibility index (Phi) is 7.65.